The van der Waals surface area contributed by atoms with Gasteiger partial charge < -0.3 is 10.1 Å². The van der Waals surface area contributed by atoms with Crippen molar-refractivity contribution >= 4 is 40.2 Å². The molecule has 1 amide bonds. The Kier molecular flexibility index (Phi) is 5.53. The molecule has 0 aliphatic rings. The fourth-order valence-corrected chi connectivity index (χ4v) is 3.92. The van der Waals surface area contributed by atoms with Gasteiger partial charge in [0.1, 0.15) is 5.75 Å². The molecule has 0 saturated heterocycles. The van der Waals surface area contributed by atoms with E-state index in [0.29, 0.717) is 27.9 Å². The Morgan fingerprint density at radius 2 is 1.81 bits per heavy atom. The molecule has 158 valence electrons. The SMILES string of the molecule is O=C(COc1ccc(Cl)cc1)Nc1ccc(-c2ccc3nnc(-c4cccs4)n3n2)cc1. The summed E-state index contributed by atoms with van der Waals surface area (Å²) in [6.07, 6.45) is 0. The molecular weight excluding hydrogens is 446 g/mol. The van der Waals surface area contributed by atoms with Crippen LogP contribution in [-0.2, 0) is 4.79 Å². The van der Waals surface area contributed by atoms with Crippen LogP contribution in [0.15, 0.2) is 78.2 Å². The van der Waals surface area contributed by atoms with Gasteiger partial charge in [-0.1, -0.05) is 29.8 Å². The highest BCUT2D eigenvalue weighted by Crippen LogP contribution is 2.25. The van der Waals surface area contributed by atoms with Crippen molar-refractivity contribution in [1.29, 1.82) is 0 Å². The maximum Gasteiger partial charge on any atom is 0.262 e. The van der Waals surface area contributed by atoms with Crippen LogP contribution < -0.4 is 10.1 Å². The van der Waals surface area contributed by atoms with Crippen LogP contribution in [0.2, 0.25) is 5.02 Å². The van der Waals surface area contributed by atoms with Gasteiger partial charge in [-0.3, -0.25) is 4.79 Å². The lowest BCUT2D eigenvalue weighted by atomic mass is 10.1. The molecule has 5 rings (SSSR count). The van der Waals surface area contributed by atoms with Gasteiger partial charge in [0.15, 0.2) is 18.1 Å². The summed E-state index contributed by atoms with van der Waals surface area (Å²) in [4.78, 5) is 13.2. The number of hydrogen-bond donors (Lipinski definition) is 1. The van der Waals surface area contributed by atoms with Gasteiger partial charge in [0, 0.05) is 16.3 Å². The number of halogens is 1. The quantitative estimate of drug-likeness (QED) is 0.376. The summed E-state index contributed by atoms with van der Waals surface area (Å²) in [6, 6.07) is 22.1. The van der Waals surface area contributed by atoms with Gasteiger partial charge in [0.2, 0.25) is 0 Å². The zero-order valence-electron chi connectivity index (χ0n) is 16.6. The molecule has 32 heavy (non-hydrogen) atoms. The molecular formula is C23H16ClN5O2S. The highest BCUT2D eigenvalue weighted by molar-refractivity contribution is 7.13. The molecule has 3 heterocycles. The number of nitrogens with zero attached hydrogens (tertiary/aromatic N) is 4. The Bertz CT molecular complexity index is 1370. The van der Waals surface area contributed by atoms with E-state index < -0.39 is 0 Å². The van der Waals surface area contributed by atoms with Gasteiger partial charge in [0.05, 0.1) is 10.6 Å². The fraction of sp³-hybridized carbons (Fsp3) is 0.0435. The van der Waals surface area contributed by atoms with Crippen molar-refractivity contribution in [2.24, 2.45) is 0 Å². The number of rotatable bonds is 6. The number of ether oxygens (including phenoxy) is 1. The number of nitrogens with one attached hydrogen (secondary N) is 1. The molecule has 0 aliphatic heterocycles. The summed E-state index contributed by atoms with van der Waals surface area (Å²) < 4.78 is 7.21. The Hall–Kier alpha value is -3.75. The van der Waals surface area contributed by atoms with Crippen molar-refractivity contribution in [3.05, 3.63) is 83.2 Å². The van der Waals surface area contributed by atoms with E-state index in [4.69, 9.17) is 21.4 Å². The van der Waals surface area contributed by atoms with Gasteiger partial charge >= 0.3 is 0 Å². The van der Waals surface area contributed by atoms with Crippen LogP contribution in [0.5, 0.6) is 5.75 Å². The van der Waals surface area contributed by atoms with E-state index in [1.165, 1.54) is 0 Å². The Morgan fingerprint density at radius 1 is 1.00 bits per heavy atom. The summed E-state index contributed by atoms with van der Waals surface area (Å²) in [5, 5.41) is 18.6. The summed E-state index contributed by atoms with van der Waals surface area (Å²) >= 11 is 7.43. The first-order chi connectivity index (χ1) is 15.7. The minimum Gasteiger partial charge on any atom is -0.484 e. The molecule has 3 aromatic heterocycles. The molecule has 0 unspecified atom stereocenters. The first-order valence-electron chi connectivity index (χ1n) is 9.71. The largest absolute Gasteiger partial charge is 0.484 e. The third-order valence-electron chi connectivity index (χ3n) is 4.65. The lowest BCUT2D eigenvalue weighted by molar-refractivity contribution is -0.118. The van der Waals surface area contributed by atoms with Crippen molar-refractivity contribution < 1.29 is 9.53 Å². The minimum atomic E-state index is -0.252. The lowest BCUT2D eigenvalue weighted by Crippen LogP contribution is -2.20. The van der Waals surface area contributed by atoms with Crippen LogP contribution in [0.25, 0.3) is 27.6 Å². The number of aromatic nitrogens is 4. The summed E-state index contributed by atoms with van der Waals surface area (Å²) in [6.45, 7) is -0.0965. The number of hydrogen-bond acceptors (Lipinski definition) is 6. The molecule has 1 N–H and O–H groups in total. The van der Waals surface area contributed by atoms with Gasteiger partial charge in [-0.25, -0.2) is 0 Å². The first kappa shape index (κ1) is 20.2. The molecule has 7 nitrogen and oxygen atoms in total. The molecule has 0 aliphatic carbocycles. The molecule has 0 bridgehead atoms. The van der Waals surface area contributed by atoms with Gasteiger partial charge in [-0.2, -0.15) is 9.61 Å². The minimum absolute atomic E-state index is 0.0965. The lowest BCUT2D eigenvalue weighted by Gasteiger charge is -2.08. The number of benzene rings is 2. The molecule has 0 saturated carbocycles. The zero-order valence-corrected chi connectivity index (χ0v) is 18.2. The standard InChI is InChI=1S/C23H16ClN5O2S/c24-16-5-9-18(10-6-16)31-14-22(30)25-17-7-3-15(4-8-17)19-11-12-21-26-27-23(29(21)28-19)20-2-1-13-32-20/h1-13H,14H2,(H,25,30). The predicted molar refractivity (Wildman–Crippen MR) is 125 cm³/mol. The number of carbonyl (C=O) groups excluding carboxylic acids is 1. The Balaban J connectivity index is 1.28. The third-order valence-corrected chi connectivity index (χ3v) is 5.77. The van der Waals surface area contributed by atoms with E-state index in [9.17, 15) is 4.79 Å². The molecule has 0 fully saturated rings. The fourth-order valence-electron chi connectivity index (χ4n) is 3.10. The highest BCUT2D eigenvalue weighted by atomic mass is 35.5. The second-order valence-corrected chi connectivity index (χ2v) is 8.24. The number of amides is 1. The second kappa shape index (κ2) is 8.78. The van der Waals surface area contributed by atoms with Crippen LogP contribution >= 0.6 is 22.9 Å². The number of fused-ring (bicyclic) bond motifs is 1. The molecule has 0 atom stereocenters. The van der Waals surface area contributed by atoms with E-state index in [1.807, 2.05) is 53.9 Å². The van der Waals surface area contributed by atoms with Crippen LogP contribution in [0.4, 0.5) is 5.69 Å². The Morgan fingerprint density at radius 3 is 2.56 bits per heavy atom. The van der Waals surface area contributed by atoms with E-state index in [2.05, 4.69) is 15.5 Å². The normalized spacial score (nSPS) is 10.9. The molecule has 2 aromatic carbocycles. The molecule has 0 radical (unpaired) electrons. The molecule has 0 spiro atoms. The van der Waals surface area contributed by atoms with E-state index in [1.54, 1.807) is 40.1 Å². The summed E-state index contributed by atoms with van der Waals surface area (Å²) in [5.74, 6) is 1.04. The molecule has 9 heteroatoms. The van der Waals surface area contributed by atoms with Gasteiger partial charge in [-0.05, 0) is 60.0 Å². The average Bonchev–Trinajstić information content (AvgIpc) is 3.48. The number of thiophene rings is 1. The van der Waals surface area contributed by atoms with Crippen LogP contribution in [0, 0.1) is 0 Å². The zero-order chi connectivity index (χ0) is 21.9. The van der Waals surface area contributed by atoms with Crippen molar-refractivity contribution in [2.75, 3.05) is 11.9 Å². The van der Waals surface area contributed by atoms with Crippen LogP contribution in [-0.4, -0.2) is 32.3 Å². The first-order valence-corrected chi connectivity index (χ1v) is 11.0. The van der Waals surface area contributed by atoms with Crippen molar-refractivity contribution in [3.8, 4) is 27.7 Å². The van der Waals surface area contributed by atoms with Gasteiger partial charge in [-0.15, -0.1) is 21.5 Å². The Labute approximate surface area is 192 Å². The predicted octanol–water partition coefficient (Wildman–Crippen LogP) is 5.19. The topological polar surface area (TPSA) is 81.4 Å². The summed E-state index contributed by atoms with van der Waals surface area (Å²) in [5.41, 5.74) is 3.04. The maximum absolute atomic E-state index is 12.2. The van der Waals surface area contributed by atoms with E-state index in [-0.39, 0.29) is 12.5 Å². The monoisotopic (exact) mass is 461 g/mol. The van der Waals surface area contributed by atoms with E-state index >= 15 is 0 Å². The average molecular weight is 462 g/mol. The molecule has 5 aromatic rings. The second-order valence-electron chi connectivity index (χ2n) is 6.86. The van der Waals surface area contributed by atoms with Crippen molar-refractivity contribution in [2.45, 2.75) is 0 Å². The number of anilines is 1. The third kappa shape index (κ3) is 4.32. The maximum atomic E-state index is 12.2. The van der Waals surface area contributed by atoms with Crippen LogP contribution in [0.1, 0.15) is 0 Å². The van der Waals surface area contributed by atoms with E-state index in [0.717, 1.165) is 16.1 Å². The van der Waals surface area contributed by atoms with Gasteiger partial charge in [0.25, 0.3) is 5.91 Å². The van der Waals surface area contributed by atoms with Crippen LogP contribution in [0.3, 0.4) is 0 Å². The smallest absolute Gasteiger partial charge is 0.262 e. The van der Waals surface area contributed by atoms with Crippen molar-refractivity contribution in [3.63, 3.8) is 0 Å². The highest BCUT2D eigenvalue weighted by Gasteiger charge is 2.12. The van der Waals surface area contributed by atoms with Crippen molar-refractivity contribution in [1.82, 2.24) is 19.8 Å². The summed E-state index contributed by atoms with van der Waals surface area (Å²) in [7, 11) is 0. The number of carbonyl (C=O) groups is 1.